The van der Waals surface area contributed by atoms with E-state index in [1.54, 1.807) is 0 Å². The average molecular weight is 1120 g/mol. The molecule has 0 amide bonds. The summed E-state index contributed by atoms with van der Waals surface area (Å²) in [5.74, 6) is -0.867. The van der Waals surface area contributed by atoms with Crippen LogP contribution in [0.15, 0.2) is 85.1 Å². The van der Waals surface area contributed by atoms with Crippen LogP contribution in [0.5, 0.6) is 0 Å². The summed E-state index contributed by atoms with van der Waals surface area (Å²) in [6.07, 6.45) is 90.4. The third-order valence-electron chi connectivity index (χ3n) is 15.1. The van der Waals surface area contributed by atoms with Crippen LogP contribution in [0.2, 0.25) is 0 Å². The molecular weight excluding hydrogens is 985 g/mol. The molecule has 6 nitrogen and oxygen atoms in total. The molecule has 0 aliphatic rings. The zero-order chi connectivity index (χ0) is 57.8. The molecule has 0 aliphatic carbocycles. The van der Waals surface area contributed by atoms with Crippen LogP contribution in [-0.2, 0) is 28.6 Å². The lowest BCUT2D eigenvalue weighted by Gasteiger charge is -2.18. The largest absolute Gasteiger partial charge is 0.462 e. The molecular formula is C74H130O6. The number of allylic oxidation sites excluding steroid dienone is 14. The molecule has 0 N–H and O–H groups in total. The van der Waals surface area contributed by atoms with Crippen molar-refractivity contribution in [3.05, 3.63) is 85.1 Å². The van der Waals surface area contributed by atoms with E-state index in [1.807, 2.05) is 0 Å². The minimum Gasteiger partial charge on any atom is -0.462 e. The first-order valence-corrected chi connectivity index (χ1v) is 34.6. The maximum Gasteiger partial charge on any atom is 0.306 e. The van der Waals surface area contributed by atoms with Crippen LogP contribution >= 0.6 is 0 Å². The van der Waals surface area contributed by atoms with Crippen molar-refractivity contribution in [2.75, 3.05) is 13.2 Å². The molecule has 0 saturated heterocycles. The average Bonchev–Trinajstić information content (AvgIpc) is 3.46. The second-order valence-electron chi connectivity index (χ2n) is 23.1. The molecule has 0 aromatic carbocycles. The van der Waals surface area contributed by atoms with Gasteiger partial charge in [-0.05, 0) is 96.3 Å². The number of rotatable bonds is 63. The van der Waals surface area contributed by atoms with Gasteiger partial charge in [-0.1, -0.05) is 318 Å². The monoisotopic (exact) mass is 1110 g/mol. The fourth-order valence-corrected chi connectivity index (χ4v) is 9.97. The summed E-state index contributed by atoms with van der Waals surface area (Å²) in [6.45, 7) is 6.54. The standard InChI is InChI=1S/C74H130O6/c1-4-7-10-13-16-19-22-24-26-28-30-32-34-35-36-37-38-39-41-42-44-46-48-50-52-55-58-61-64-67-73(76)79-70-71(69-78-72(75)66-63-60-57-54-21-18-15-12-9-6-3)80-74(77)68-65-62-59-56-53-51-49-47-45-43-40-33-31-29-27-25-23-20-17-14-11-8-5-2/h7,10,16,19,23-26,29-32,40,43,71H,4-6,8-9,11-15,17-18,20-22,27-28,33-39,41-42,44-70H2,1-3H3/b10-7-,19-16-,25-23-,26-24-,31-29-,32-30-,43-40-. The van der Waals surface area contributed by atoms with Crippen molar-refractivity contribution >= 4 is 17.9 Å². The Morgan fingerprint density at radius 3 is 0.762 bits per heavy atom. The fraction of sp³-hybridized carbons (Fsp3) is 0.770. The first-order chi connectivity index (χ1) is 39.5. The highest BCUT2D eigenvalue weighted by Gasteiger charge is 2.19. The Hall–Kier alpha value is -3.41. The van der Waals surface area contributed by atoms with Crippen molar-refractivity contribution < 1.29 is 28.6 Å². The Balaban J connectivity index is 4.19. The number of hydrogen-bond acceptors (Lipinski definition) is 6. The molecule has 0 fully saturated rings. The van der Waals surface area contributed by atoms with Gasteiger partial charge in [0.1, 0.15) is 13.2 Å². The number of unbranched alkanes of at least 4 members (excludes halogenated alkanes) is 38. The second-order valence-corrected chi connectivity index (χ2v) is 23.1. The van der Waals surface area contributed by atoms with Crippen molar-refractivity contribution in [3.8, 4) is 0 Å². The van der Waals surface area contributed by atoms with Crippen LogP contribution in [0.1, 0.15) is 348 Å². The third-order valence-corrected chi connectivity index (χ3v) is 15.1. The highest BCUT2D eigenvalue weighted by atomic mass is 16.6. The number of carbonyl (C=O) groups is 3. The fourth-order valence-electron chi connectivity index (χ4n) is 9.97. The molecule has 0 rings (SSSR count). The van der Waals surface area contributed by atoms with Crippen molar-refractivity contribution in [1.82, 2.24) is 0 Å². The summed E-state index contributed by atoms with van der Waals surface area (Å²) in [6, 6.07) is 0. The van der Waals surface area contributed by atoms with Crippen LogP contribution in [0, 0.1) is 0 Å². The molecule has 0 radical (unpaired) electrons. The molecule has 0 aromatic rings. The van der Waals surface area contributed by atoms with Gasteiger partial charge in [0, 0.05) is 19.3 Å². The van der Waals surface area contributed by atoms with Gasteiger partial charge in [0.15, 0.2) is 6.10 Å². The topological polar surface area (TPSA) is 78.9 Å². The first-order valence-electron chi connectivity index (χ1n) is 34.6. The summed E-state index contributed by atoms with van der Waals surface area (Å²) in [5, 5.41) is 0. The molecule has 0 aliphatic heterocycles. The van der Waals surface area contributed by atoms with E-state index in [9.17, 15) is 14.4 Å². The Labute approximate surface area is 496 Å². The van der Waals surface area contributed by atoms with Gasteiger partial charge >= 0.3 is 17.9 Å². The minimum absolute atomic E-state index is 0.0751. The normalized spacial score (nSPS) is 12.6. The highest BCUT2D eigenvalue weighted by Crippen LogP contribution is 2.17. The zero-order valence-corrected chi connectivity index (χ0v) is 53.1. The molecule has 0 saturated carbocycles. The van der Waals surface area contributed by atoms with E-state index in [0.29, 0.717) is 19.3 Å². The molecule has 80 heavy (non-hydrogen) atoms. The summed E-state index contributed by atoms with van der Waals surface area (Å²) in [4.78, 5) is 38.3. The Bertz CT molecular complexity index is 1520. The quantitative estimate of drug-likeness (QED) is 0.0261. The van der Waals surface area contributed by atoms with E-state index >= 15 is 0 Å². The van der Waals surface area contributed by atoms with E-state index in [0.717, 1.165) is 103 Å². The Morgan fingerprint density at radius 2 is 0.487 bits per heavy atom. The summed E-state index contributed by atoms with van der Waals surface area (Å²) >= 11 is 0. The SMILES string of the molecule is CC/C=C\C/C=C\C/C=C\C/C=C\CCCCCCCCCCCCCCCCCCC(=O)OCC(COC(=O)CCCCCCCCCCCC)OC(=O)CCCCCCCCCC/C=C\C/C=C\C/C=C\CCCCCCC. The maximum absolute atomic E-state index is 12.9. The van der Waals surface area contributed by atoms with Gasteiger partial charge in [0.05, 0.1) is 0 Å². The van der Waals surface area contributed by atoms with E-state index in [2.05, 4.69) is 106 Å². The smallest absolute Gasteiger partial charge is 0.306 e. The molecule has 0 aromatic heterocycles. The third kappa shape index (κ3) is 65.4. The van der Waals surface area contributed by atoms with Gasteiger partial charge < -0.3 is 14.2 Å². The lowest BCUT2D eigenvalue weighted by Crippen LogP contribution is -2.30. The van der Waals surface area contributed by atoms with Gasteiger partial charge in [-0.25, -0.2) is 0 Å². The number of carbonyl (C=O) groups excluding carboxylic acids is 3. The van der Waals surface area contributed by atoms with Crippen LogP contribution < -0.4 is 0 Å². The van der Waals surface area contributed by atoms with Crippen LogP contribution in [-0.4, -0.2) is 37.2 Å². The van der Waals surface area contributed by atoms with Gasteiger partial charge in [-0.3, -0.25) is 14.4 Å². The van der Waals surface area contributed by atoms with Crippen LogP contribution in [0.25, 0.3) is 0 Å². The lowest BCUT2D eigenvalue weighted by atomic mass is 10.0. The molecule has 1 unspecified atom stereocenters. The lowest BCUT2D eigenvalue weighted by molar-refractivity contribution is -0.167. The first kappa shape index (κ1) is 76.6. The minimum atomic E-state index is -0.779. The number of hydrogen-bond donors (Lipinski definition) is 0. The van der Waals surface area contributed by atoms with Crippen molar-refractivity contribution in [2.45, 2.75) is 354 Å². The van der Waals surface area contributed by atoms with Crippen LogP contribution in [0.3, 0.4) is 0 Å². The molecule has 0 spiro atoms. The van der Waals surface area contributed by atoms with Crippen molar-refractivity contribution in [3.63, 3.8) is 0 Å². The van der Waals surface area contributed by atoms with Gasteiger partial charge in [-0.2, -0.15) is 0 Å². The predicted molar refractivity (Wildman–Crippen MR) is 348 cm³/mol. The molecule has 0 heterocycles. The van der Waals surface area contributed by atoms with E-state index in [1.165, 1.54) is 205 Å². The van der Waals surface area contributed by atoms with Crippen molar-refractivity contribution in [1.29, 1.82) is 0 Å². The Kier molecular flexibility index (Phi) is 65.2. The highest BCUT2D eigenvalue weighted by molar-refractivity contribution is 5.71. The van der Waals surface area contributed by atoms with Gasteiger partial charge in [0.2, 0.25) is 0 Å². The van der Waals surface area contributed by atoms with Crippen LogP contribution in [0.4, 0.5) is 0 Å². The summed E-state index contributed by atoms with van der Waals surface area (Å²) in [7, 11) is 0. The predicted octanol–water partition coefficient (Wildman–Crippen LogP) is 23.8. The van der Waals surface area contributed by atoms with E-state index < -0.39 is 6.10 Å². The van der Waals surface area contributed by atoms with Gasteiger partial charge in [0.25, 0.3) is 0 Å². The Morgan fingerprint density at radius 1 is 0.263 bits per heavy atom. The van der Waals surface area contributed by atoms with Crippen molar-refractivity contribution in [2.24, 2.45) is 0 Å². The number of esters is 3. The molecule has 0 bridgehead atoms. The molecule has 462 valence electrons. The second kappa shape index (κ2) is 68.1. The van der Waals surface area contributed by atoms with Gasteiger partial charge in [-0.15, -0.1) is 0 Å². The molecule has 6 heteroatoms. The maximum atomic E-state index is 12.9. The zero-order valence-electron chi connectivity index (χ0n) is 53.1. The summed E-state index contributed by atoms with van der Waals surface area (Å²) in [5.41, 5.74) is 0. The molecule has 1 atom stereocenters. The van der Waals surface area contributed by atoms with E-state index in [4.69, 9.17) is 14.2 Å². The van der Waals surface area contributed by atoms with E-state index in [-0.39, 0.29) is 31.1 Å². The number of ether oxygens (including phenoxy) is 3. The summed E-state index contributed by atoms with van der Waals surface area (Å²) < 4.78 is 16.9.